The molecule has 30 heavy (non-hydrogen) atoms. The summed E-state index contributed by atoms with van der Waals surface area (Å²) in [4.78, 5) is 15.8. The van der Waals surface area contributed by atoms with Crippen LogP contribution in [0.25, 0.3) is 0 Å². The van der Waals surface area contributed by atoms with Gasteiger partial charge in [-0.05, 0) is 66.0 Å². The number of rotatable bonds is 6. The van der Waals surface area contributed by atoms with E-state index in [2.05, 4.69) is 21.8 Å². The first-order chi connectivity index (χ1) is 14.7. The highest BCUT2D eigenvalue weighted by Gasteiger charge is 2.18. The fourth-order valence-electron chi connectivity index (χ4n) is 3.36. The molecular weight excluding hydrogens is 414 g/mol. The SMILES string of the molecule is O=C(c1ccc(N(Cc2ccc(Cl)cc2)Sc2ccccc2)cc1)N1CCNCC1. The van der Waals surface area contributed by atoms with Crippen LogP contribution in [-0.4, -0.2) is 37.0 Å². The molecule has 1 saturated heterocycles. The fourth-order valence-corrected chi connectivity index (χ4v) is 4.46. The number of piperazine rings is 1. The lowest BCUT2D eigenvalue weighted by molar-refractivity contribution is 0.0736. The molecule has 1 aliphatic heterocycles. The van der Waals surface area contributed by atoms with Crippen molar-refractivity contribution in [2.24, 2.45) is 0 Å². The molecule has 1 N–H and O–H groups in total. The largest absolute Gasteiger partial charge is 0.336 e. The van der Waals surface area contributed by atoms with Gasteiger partial charge >= 0.3 is 0 Å². The predicted octanol–water partition coefficient (Wildman–Crippen LogP) is 5.10. The summed E-state index contributed by atoms with van der Waals surface area (Å²) < 4.78 is 2.23. The van der Waals surface area contributed by atoms with Crippen LogP contribution in [0.2, 0.25) is 5.02 Å². The van der Waals surface area contributed by atoms with Crippen LogP contribution in [0.5, 0.6) is 0 Å². The monoisotopic (exact) mass is 437 g/mol. The van der Waals surface area contributed by atoms with Gasteiger partial charge in [-0.2, -0.15) is 0 Å². The second kappa shape index (κ2) is 10.0. The average Bonchev–Trinajstić information content (AvgIpc) is 2.81. The second-order valence-corrected chi connectivity index (χ2v) is 8.69. The number of nitrogens with one attached hydrogen (secondary N) is 1. The molecule has 3 aromatic rings. The van der Waals surface area contributed by atoms with Crippen LogP contribution in [0.3, 0.4) is 0 Å². The maximum atomic E-state index is 12.8. The van der Waals surface area contributed by atoms with E-state index in [1.807, 2.05) is 71.6 Å². The highest BCUT2D eigenvalue weighted by Crippen LogP contribution is 2.31. The molecule has 0 aliphatic carbocycles. The summed E-state index contributed by atoms with van der Waals surface area (Å²) in [6.07, 6.45) is 0. The topological polar surface area (TPSA) is 35.6 Å². The standard InChI is InChI=1S/C24H24ClN3OS/c25-21-10-6-19(7-11-21)18-28(30-23-4-2-1-3-5-23)22-12-8-20(9-13-22)24(29)27-16-14-26-15-17-27/h1-13,26H,14-18H2. The molecule has 0 atom stereocenters. The Morgan fingerprint density at radius 3 is 2.27 bits per heavy atom. The highest BCUT2D eigenvalue weighted by atomic mass is 35.5. The zero-order valence-electron chi connectivity index (χ0n) is 16.6. The Morgan fingerprint density at radius 1 is 0.933 bits per heavy atom. The third kappa shape index (κ3) is 5.36. The second-order valence-electron chi connectivity index (χ2n) is 7.16. The van der Waals surface area contributed by atoms with Crippen molar-refractivity contribution < 1.29 is 4.79 Å². The fraction of sp³-hybridized carbons (Fsp3) is 0.208. The third-order valence-corrected chi connectivity index (χ3v) is 6.30. The Bertz CT molecular complexity index is 958. The molecule has 1 fully saturated rings. The number of amides is 1. The molecule has 0 spiro atoms. The number of hydrogen-bond acceptors (Lipinski definition) is 4. The number of anilines is 1. The summed E-state index contributed by atoms with van der Waals surface area (Å²) in [5.41, 5.74) is 2.95. The minimum atomic E-state index is 0.100. The Kier molecular flexibility index (Phi) is 6.95. The first-order valence-corrected chi connectivity index (χ1v) is 11.2. The molecule has 1 aliphatic rings. The molecule has 4 nitrogen and oxygen atoms in total. The number of hydrogen-bond donors (Lipinski definition) is 1. The van der Waals surface area contributed by atoms with Crippen LogP contribution in [0, 0.1) is 0 Å². The lowest BCUT2D eigenvalue weighted by Crippen LogP contribution is -2.46. The van der Waals surface area contributed by atoms with E-state index in [9.17, 15) is 4.79 Å². The van der Waals surface area contributed by atoms with E-state index in [1.54, 1.807) is 11.9 Å². The lowest BCUT2D eigenvalue weighted by atomic mass is 10.1. The van der Waals surface area contributed by atoms with Gasteiger partial charge in [-0.3, -0.25) is 4.79 Å². The summed E-state index contributed by atoms with van der Waals surface area (Å²) >= 11 is 7.73. The molecule has 0 aromatic heterocycles. The van der Waals surface area contributed by atoms with E-state index in [0.717, 1.165) is 53.9 Å². The Balaban J connectivity index is 1.54. The molecule has 6 heteroatoms. The summed E-state index contributed by atoms with van der Waals surface area (Å²) in [6.45, 7) is 3.95. The number of carbonyl (C=O) groups is 1. The van der Waals surface area contributed by atoms with Crippen molar-refractivity contribution in [3.05, 3.63) is 95.0 Å². The molecule has 1 heterocycles. The molecule has 0 radical (unpaired) electrons. The van der Waals surface area contributed by atoms with E-state index < -0.39 is 0 Å². The minimum Gasteiger partial charge on any atom is -0.336 e. The molecule has 3 aromatic carbocycles. The lowest BCUT2D eigenvalue weighted by Gasteiger charge is -2.28. The van der Waals surface area contributed by atoms with Crippen LogP contribution >= 0.6 is 23.5 Å². The smallest absolute Gasteiger partial charge is 0.253 e. The zero-order chi connectivity index (χ0) is 20.8. The van der Waals surface area contributed by atoms with Crippen molar-refractivity contribution in [3.63, 3.8) is 0 Å². The maximum absolute atomic E-state index is 12.8. The summed E-state index contributed by atoms with van der Waals surface area (Å²) in [7, 11) is 0. The molecule has 0 saturated carbocycles. The van der Waals surface area contributed by atoms with Gasteiger partial charge in [0.1, 0.15) is 0 Å². The molecule has 1 amide bonds. The minimum absolute atomic E-state index is 0.100. The molecule has 0 bridgehead atoms. The number of nitrogens with zero attached hydrogens (tertiary/aromatic N) is 2. The van der Waals surface area contributed by atoms with Crippen molar-refractivity contribution in [2.45, 2.75) is 11.4 Å². The summed E-state index contributed by atoms with van der Waals surface area (Å²) in [5.74, 6) is 0.100. The highest BCUT2D eigenvalue weighted by molar-refractivity contribution is 8.00. The van der Waals surface area contributed by atoms with Crippen LogP contribution in [0.15, 0.2) is 83.8 Å². The Labute approximate surface area is 187 Å². The summed E-state index contributed by atoms with van der Waals surface area (Å²) in [5, 5.41) is 4.02. The van der Waals surface area contributed by atoms with Crippen molar-refractivity contribution >= 4 is 35.1 Å². The van der Waals surface area contributed by atoms with Gasteiger partial charge < -0.3 is 14.5 Å². The normalized spacial score (nSPS) is 13.8. The third-order valence-electron chi connectivity index (χ3n) is 5.00. The maximum Gasteiger partial charge on any atom is 0.253 e. The molecular formula is C24H24ClN3OS. The van der Waals surface area contributed by atoms with Gasteiger partial charge in [0, 0.05) is 47.3 Å². The van der Waals surface area contributed by atoms with Gasteiger partial charge in [-0.25, -0.2) is 0 Å². The van der Waals surface area contributed by atoms with Crippen molar-refractivity contribution in [1.82, 2.24) is 10.2 Å². The van der Waals surface area contributed by atoms with Gasteiger partial charge in [0.2, 0.25) is 0 Å². The van der Waals surface area contributed by atoms with Gasteiger partial charge in [-0.1, -0.05) is 41.9 Å². The van der Waals surface area contributed by atoms with E-state index in [-0.39, 0.29) is 5.91 Å². The van der Waals surface area contributed by atoms with Gasteiger partial charge in [0.15, 0.2) is 0 Å². The Morgan fingerprint density at radius 2 is 1.60 bits per heavy atom. The van der Waals surface area contributed by atoms with E-state index in [4.69, 9.17) is 11.6 Å². The van der Waals surface area contributed by atoms with Gasteiger partial charge in [0.05, 0.1) is 6.54 Å². The van der Waals surface area contributed by atoms with E-state index >= 15 is 0 Å². The first-order valence-electron chi connectivity index (χ1n) is 10.0. The first kappa shape index (κ1) is 20.8. The molecule has 4 rings (SSSR count). The van der Waals surface area contributed by atoms with Gasteiger partial charge in [-0.15, -0.1) is 0 Å². The predicted molar refractivity (Wildman–Crippen MR) is 125 cm³/mol. The van der Waals surface area contributed by atoms with E-state index in [1.165, 1.54) is 5.56 Å². The Hall–Kier alpha value is -2.47. The number of halogens is 1. The zero-order valence-corrected chi connectivity index (χ0v) is 18.2. The van der Waals surface area contributed by atoms with E-state index in [0.29, 0.717) is 0 Å². The number of benzene rings is 3. The average molecular weight is 438 g/mol. The van der Waals surface area contributed by atoms with Crippen molar-refractivity contribution in [2.75, 3.05) is 30.5 Å². The van der Waals surface area contributed by atoms with Crippen LogP contribution in [0.4, 0.5) is 5.69 Å². The van der Waals surface area contributed by atoms with Crippen LogP contribution < -0.4 is 9.62 Å². The van der Waals surface area contributed by atoms with Crippen LogP contribution in [0.1, 0.15) is 15.9 Å². The number of carbonyl (C=O) groups excluding carboxylic acids is 1. The molecule has 154 valence electrons. The van der Waals surface area contributed by atoms with Crippen molar-refractivity contribution in [3.8, 4) is 0 Å². The van der Waals surface area contributed by atoms with Crippen molar-refractivity contribution in [1.29, 1.82) is 0 Å². The van der Waals surface area contributed by atoms with Crippen LogP contribution in [-0.2, 0) is 6.54 Å². The molecule has 0 unspecified atom stereocenters. The quantitative estimate of drug-likeness (QED) is 0.544. The van der Waals surface area contributed by atoms with Gasteiger partial charge in [0.25, 0.3) is 5.91 Å². The summed E-state index contributed by atoms with van der Waals surface area (Å²) in [6, 6.07) is 26.1.